The quantitative estimate of drug-likeness (QED) is 0.530. The molecule has 1 saturated carbocycles. The molecule has 1 aliphatic rings. The van der Waals surface area contributed by atoms with Gasteiger partial charge in [-0.2, -0.15) is 0 Å². The Hall–Kier alpha value is -2.53. The summed E-state index contributed by atoms with van der Waals surface area (Å²) in [4.78, 5) is 8.92. The van der Waals surface area contributed by atoms with Gasteiger partial charge >= 0.3 is 0 Å². The molecule has 1 N–H and O–H groups in total. The van der Waals surface area contributed by atoms with Gasteiger partial charge in [0.15, 0.2) is 0 Å². The van der Waals surface area contributed by atoms with Crippen LogP contribution in [-0.2, 0) is 4.74 Å². The highest BCUT2D eigenvalue weighted by atomic mass is 19.1. The van der Waals surface area contributed by atoms with Gasteiger partial charge in [0, 0.05) is 28.7 Å². The highest BCUT2D eigenvalue weighted by molar-refractivity contribution is 5.86. The van der Waals surface area contributed by atoms with E-state index in [1.807, 2.05) is 19.1 Å². The zero-order valence-electron chi connectivity index (χ0n) is 14.1. The zero-order chi connectivity index (χ0) is 17.2. The number of aryl methyl sites for hydroxylation is 1. The Morgan fingerprint density at radius 1 is 1.12 bits per heavy atom. The van der Waals surface area contributed by atoms with Crippen molar-refractivity contribution in [3.63, 3.8) is 0 Å². The highest BCUT2D eigenvalue weighted by Crippen LogP contribution is 2.29. The lowest BCUT2D eigenvalue weighted by molar-refractivity contribution is 0.141. The number of fused-ring (bicyclic) bond motifs is 1. The largest absolute Gasteiger partial charge is 0.361 e. The minimum atomic E-state index is -0.258. The number of aromatic nitrogens is 2. The molecule has 0 bridgehead atoms. The predicted octanol–water partition coefficient (Wildman–Crippen LogP) is 4.54. The molecule has 25 heavy (non-hydrogen) atoms. The van der Waals surface area contributed by atoms with Crippen LogP contribution in [0.3, 0.4) is 0 Å². The number of nitrogens with one attached hydrogen (secondary N) is 1. The van der Waals surface area contributed by atoms with E-state index in [0.29, 0.717) is 6.73 Å². The Kier molecular flexibility index (Phi) is 4.32. The summed E-state index contributed by atoms with van der Waals surface area (Å²) in [6.07, 6.45) is 6.17. The van der Waals surface area contributed by atoms with E-state index in [0.717, 1.165) is 45.9 Å². The molecule has 128 valence electrons. The maximum Gasteiger partial charge on any atom is 0.128 e. The van der Waals surface area contributed by atoms with E-state index in [1.165, 1.54) is 25.0 Å². The predicted molar refractivity (Wildman–Crippen MR) is 96.8 cm³/mol. The first-order chi connectivity index (χ1) is 12.2. The number of hydrogen-bond acceptors (Lipinski definition) is 4. The number of halogens is 1. The van der Waals surface area contributed by atoms with Crippen LogP contribution < -0.4 is 5.32 Å². The third-order valence-corrected chi connectivity index (χ3v) is 4.48. The average Bonchev–Trinajstić information content (AvgIpc) is 3.45. The molecule has 0 saturated heterocycles. The first kappa shape index (κ1) is 16.0. The van der Waals surface area contributed by atoms with E-state index in [-0.39, 0.29) is 5.82 Å². The summed E-state index contributed by atoms with van der Waals surface area (Å²) >= 11 is 0. The normalized spacial score (nSPS) is 14.0. The number of benzene rings is 1. The second-order valence-electron chi connectivity index (χ2n) is 6.58. The van der Waals surface area contributed by atoms with E-state index >= 15 is 0 Å². The molecule has 2 aromatic heterocycles. The molecule has 0 atom stereocenters. The van der Waals surface area contributed by atoms with Gasteiger partial charge in [-0.05, 0) is 55.5 Å². The van der Waals surface area contributed by atoms with Gasteiger partial charge in [-0.15, -0.1) is 0 Å². The smallest absolute Gasteiger partial charge is 0.128 e. The number of nitrogens with zero attached hydrogens (tertiary/aromatic N) is 2. The van der Waals surface area contributed by atoms with Crippen LogP contribution in [-0.4, -0.2) is 23.3 Å². The summed E-state index contributed by atoms with van der Waals surface area (Å²) in [6, 6.07) is 8.64. The van der Waals surface area contributed by atoms with E-state index in [4.69, 9.17) is 4.74 Å². The van der Waals surface area contributed by atoms with E-state index in [1.54, 1.807) is 18.5 Å². The van der Waals surface area contributed by atoms with Gasteiger partial charge < -0.3 is 10.1 Å². The molecule has 1 aromatic carbocycles. The van der Waals surface area contributed by atoms with Gasteiger partial charge in [0.1, 0.15) is 18.4 Å². The van der Waals surface area contributed by atoms with E-state index < -0.39 is 0 Å². The minimum Gasteiger partial charge on any atom is -0.361 e. The first-order valence-corrected chi connectivity index (χ1v) is 8.53. The van der Waals surface area contributed by atoms with Crippen molar-refractivity contribution >= 4 is 16.6 Å². The molecule has 3 aromatic rings. The van der Waals surface area contributed by atoms with Gasteiger partial charge in [0.05, 0.1) is 12.3 Å². The van der Waals surface area contributed by atoms with E-state index in [9.17, 15) is 4.39 Å². The van der Waals surface area contributed by atoms with Crippen molar-refractivity contribution < 1.29 is 9.13 Å². The number of ether oxygens (including phenoxy) is 1. The summed E-state index contributed by atoms with van der Waals surface area (Å²) < 4.78 is 19.1. The molecule has 4 rings (SSSR count). The molecular weight excluding hydrogens is 317 g/mol. The van der Waals surface area contributed by atoms with E-state index in [2.05, 4.69) is 15.3 Å². The number of hydrogen-bond donors (Lipinski definition) is 1. The Bertz CT molecular complexity index is 909. The summed E-state index contributed by atoms with van der Waals surface area (Å²) in [7, 11) is 0. The fourth-order valence-electron chi connectivity index (χ4n) is 2.79. The molecule has 4 nitrogen and oxygen atoms in total. The Balaban J connectivity index is 1.52. The number of pyridine rings is 2. The maximum absolute atomic E-state index is 13.5. The molecule has 0 amide bonds. The molecular formula is C20H20FN3O. The third kappa shape index (κ3) is 3.77. The molecule has 0 unspecified atom stereocenters. The van der Waals surface area contributed by atoms with Crippen LogP contribution in [0.5, 0.6) is 0 Å². The average molecular weight is 337 g/mol. The highest BCUT2D eigenvalue weighted by Gasteiger charge is 2.20. The Morgan fingerprint density at radius 2 is 1.92 bits per heavy atom. The molecule has 0 aliphatic heterocycles. The summed E-state index contributed by atoms with van der Waals surface area (Å²) in [6.45, 7) is 3.23. The van der Waals surface area contributed by atoms with Crippen LogP contribution in [0.4, 0.5) is 10.2 Å². The van der Waals surface area contributed by atoms with Crippen molar-refractivity contribution in [1.82, 2.24) is 9.97 Å². The monoisotopic (exact) mass is 337 g/mol. The van der Waals surface area contributed by atoms with Crippen LogP contribution in [0, 0.1) is 18.7 Å². The lowest BCUT2D eigenvalue weighted by Crippen LogP contribution is -2.08. The van der Waals surface area contributed by atoms with Crippen molar-refractivity contribution in [2.45, 2.75) is 19.8 Å². The van der Waals surface area contributed by atoms with Crippen molar-refractivity contribution in [1.29, 1.82) is 0 Å². The standard InChI is InChI=1S/C20H20FN3O/c1-13-2-5-17(21)8-18(13)19-6-15-10-23-20(7-16(15)9-22-19)24-12-25-11-14-3-4-14/h2,5-10,14H,3-4,11-12H2,1H3,(H,23,24). The van der Waals surface area contributed by atoms with Crippen molar-refractivity contribution in [3.05, 3.63) is 54.1 Å². The Morgan fingerprint density at radius 3 is 2.76 bits per heavy atom. The molecule has 1 fully saturated rings. The van der Waals surface area contributed by atoms with Crippen molar-refractivity contribution in [3.8, 4) is 11.3 Å². The Labute approximate surface area is 146 Å². The summed E-state index contributed by atoms with van der Waals surface area (Å²) in [5, 5.41) is 5.13. The lowest BCUT2D eigenvalue weighted by Gasteiger charge is -2.09. The third-order valence-electron chi connectivity index (χ3n) is 4.48. The molecule has 1 aliphatic carbocycles. The molecule has 2 heterocycles. The summed E-state index contributed by atoms with van der Waals surface area (Å²) in [5.41, 5.74) is 2.55. The zero-order valence-corrected chi connectivity index (χ0v) is 14.1. The van der Waals surface area contributed by atoms with Gasteiger partial charge in [0.2, 0.25) is 0 Å². The van der Waals surface area contributed by atoms with Crippen LogP contribution >= 0.6 is 0 Å². The second kappa shape index (κ2) is 6.76. The van der Waals surface area contributed by atoms with Gasteiger partial charge in [-0.3, -0.25) is 4.98 Å². The molecule has 0 spiro atoms. The van der Waals surface area contributed by atoms with Crippen LogP contribution in [0.25, 0.3) is 22.0 Å². The SMILES string of the molecule is Cc1ccc(F)cc1-c1cc2cnc(NCOCC3CC3)cc2cn1. The van der Waals surface area contributed by atoms with Crippen molar-refractivity contribution in [2.75, 3.05) is 18.7 Å². The van der Waals surface area contributed by atoms with Gasteiger partial charge in [0.25, 0.3) is 0 Å². The van der Waals surface area contributed by atoms with Crippen LogP contribution in [0.2, 0.25) is 0 Å². The molecule has 0 radical (unpaired) electrons. The van der Waals surface area contributed by atoms with Crippen LogP contribution in [0.15, 0.2) is 42.7 Å². The van der Waals surface area contributed by atoms with Gasteiger partial charge in [-0.25, -0.2) is 9.37 Å². The fourth-order valence-corrected chi connectivity index (χ4v) is 2.79. The lowest BCUT2D eigenvalue weighted by atomic mass is 10.0. The second-order valence-corrected chi connectivity index (χ2v) is 6.58. The van der Waals surface area contributed by atoms with Crippen molar-refractivity contribution in [2.24, 2.45) is 5.92 Å². The minimum absolute atomic E-state index is 0.258. The number of anilines is 1. The first-order valence-electron chi connectivity index (χ1n) is 8.53. The number of rotatable bonds is 6. The molecule has 5 heteroatoms. The maximum atomic E-state index is 13.5. The fraction of sp³-hybridized carbons (Fsp3) is 0.300. The van der Waals surface area contributed by atoms with Crippen LogP contribution in [0.1, 0.15) is 18.4 Å². The topological polar surface area (TPSA) is 47.0 Å². The summed E-state index contributed by atoms with van der Waals surface area (Å²) in [5.74, 6) is 1.26. The van der Waals surface area contributed by atoms with Gasteiger partial charge in [-0.1, -0.05) is 6.07 Å².